The zero-order chi connectivity index (χ0) is 16.8. The topological polar surface area (TPSA) is 120 Å². The van der Waals surface area contributed by atoms with E-state index in [1.54, 1.807) is 12.1 Å². The first-order valence-electron chi connectivity index (χ1n) is 7.73. The van der Waals surface area contributed by atoms with Crippen LogP contribution in [0.5, 0.6) is 5.75 Å². The van der Waals surface area contributed by atoms with Crippen LogP contribution < -0.4 is 0 Å². The number of rotatable bonds is 7. The lowest BCUT2D eigenvalue weighted by atomic mass is 9.99. The molecule has 0 aromatic heterocycles. The molecule has 0 unspecified atom stereocenters. The monoisotopic (exact) mass is 328 g/mol. The molecule has 1 aromatic rings. The number of aliphatic hydroxyl groups is 4. The van der Waals surface area contributed by atoms with Crippen LogP contribution in [0.2, 0.25) is 0 Å². The molecule has 0 spiro atoms. The molecule has 0 aliphatic carbocycles. The van der Waals surface area contributed by atoms with Gasteiger partial charge in [0.05, 0.1) is 6.61 Å². The van der Waals surface area contributed by atoms with Gasteiger partial charge < -0.3 is 35.0 Å². The fourth-order valence-corrected chi connectivity index (χ4v) is 2.50. The summed E-state index contributed by atoms with van der Waals surface area (Å²) in [6, 6.07) is 6.99. The number of phenolic OH excluding ortho intramolecular Hbond substituents is 1. The van der Waals surface area contributed by atoms with E-state index in [0.717, 1.165) is 24.8 Å². The molecule has 0 saturated carbocycles. The van der Waals surface area contributed by atoms with Crippen molar-refractivity contribution in [2.24, 2.45) is 0 Å². The Morgan fingerprint density at radius 1 is 0.957 bits per heavy atom. The molecule has 7 heteroatoms. The van der Waals surface area contributed by atoms with E-state index in [9.17, 15) is 20.4 Å². The Morgan fingerprint density at radius 2 is 1.65 bits per heavy atom. The highest BCUT2D eigenvalue weighted by atomic mass is 16.7. The summed E-state index contributed by atoms with van der Waals surface area (Å²) < 4.78 is 10.7. The summed E-state index contributed by atoms with van der Waals surface area (Å²) in [6.07, 6.45) is -3.76. The second-order valence-corrected chi connectivity index (χ2v) is 5.69. The molecule has 0 radical (unpaired) electrons. The average molecular weight is 328 g/mol. The van der Waals surface area contributed by atoms with Crippen LogP contribution in [-0.4, -0.2) is 69.5 Å². The minimum absolute atomic E-state index is 0.236. The molecule has 1 aromatic carbocycles. The molecule has 130 valence electrons. The Morgan fingerprint density at radius 3 is 2.30 bits per heavy atom. The van der Waals surface area contributed by atoms with Gasteiger partial charge in [-0.15, -0.1) is 0 Å². The van der Waals surface area contributed by atoms with Gasteiger partial charge in [-0.3, -0.25) is 0 Å². The fourth-order valence-electron chi connectivity index (χ4n) is 2.50. The molecule has 5 atom stereocenters. The van der Waals surface area contributed by atoms with E-state index < -0.39 is 37.3 Å². The second-order valence-electron chi connectivity index (χ2n) is 5.69. The van der Waals surface area contributed by atoms with E-state index in [2.05, 4.69) is 0 Å². The summed E-state index contributed by atoms with van der Waals surface area (Å²) >= 11 is 0. The largest absolute Gasteiger partial charge is 0.508 e. The molecule has 5 N–H and O–H groups in total. The molecule has 1 saturated heterocycles. The van der Waals surface area contributed by atoms with E-state index in [1.807, 2.05) is 12.1 Å². The maximum atomic E-state index is 9.82. The molecule has 2 rings (SSSR count). The van der Waals surface area contributed by atoms with Crippen LogP contribution in [0, 0.1) is 0 Å². The Balaban J connectivity index is 1.70. The number of aromatic hydroxyl groups is 1. The van der Waals surface area contributed by atoms with Crippen molar-refractivity contribution in [1.82, 2.24) is 0 Å². The van der Waals surface area contributed by atoms with Crippen LogP contribution in [0.1, 0.15) is 18.4 Å². The number of benzene rings is 1. The molecule has 0 amide bonds. The van der Waals surface area contributed by atoms with Gasteiger partial charge in [-0.1, -0.05) is 12.1 Å². The van der Waals surface area contributed by atoms with Gasteiger partial charge in [0.2, 0.25) is 0 Å². The van der Waals surface area contributed by atoms with E-state index in [0.29, 0.717) is 6.61 Å². The molecule has 0 bridgehead atoms. The number of aliphatic hydroxyl groups excluding tert-OH is 4. The molecule has 1 aliphatic heterocycles. The maximum absolute atomic E-state index is 9.82. The Kier molecular flexibility index (Phi) is 6.76. The SMILES string of the molecule is OC[C@H]1O[C@@H](OCCCCc2ccc(O)cc2)[C@H](O)[C@@H](O)[C@@H]1O. The molecule has 23 heavy (non-hydrogen) atoms. The molecular formula is C16H24O7. The van der Waals surface area contributed by atoms with Crippen molar-refractivity contribution >= 4 is 0 Å². The number of hydrogen-bond acceptors (Lipinski definition) is 7. The minimum atomic E-state index is -1.41. The lowest BCUT2D eigenvalue weighted by molar-refractivity contribution is -0.301. The lowest BCUT2D eigenvalue weighted by Crippen LogP contribution is -2.59. The van der Waals surface area contributed by atoms with Gasteiger partial charge in [0.15, 0.2) is 6.29 Å². The molecule has 1 fully saturated rings. The third kappa shape index (κ3) is 4.87. The first kappa shape index (κ1) is 18.1. The van der Waals surface area contributed by atoms with Gasteiger partial charge in [-0.25, -0.2) is 0 Å². The highest BCUT2D eigenvalue weighted by molar-refractivity contribution is 5.25. The highest BCUT2D eigenvalue weighted by Gasteiger charge is 2.43. The highest BCUT2D eigenvalue weighted by Crippen LogP contribution is 2.22. The predicted molar refractivity (Wildman–Crippen MR) is 80.8 cm³/mol. The van der Waals surface area contributed by atoms with Gasteiger partial charge in [-0.2, -0.15) is 0 Å². The average Bonchev–Trinajstić information content (AvgIpc) is 2.56. The van der Waals surface area contributed by atoms with Crippen molar-refractivity contribution in [2.75, 3.05) is 13.2 Å². The first-order valence-corrected chi connectivity index (χ1v) is 7.73. The van der Waals surface area contributed by atoms with Crippen LogP contribution in [0.4, 0.5) is 0 Å². The zero-order valence-electron chi connectivity index (χ0n) is 12.8. The van der Waals surface area contributed by atoms with Gasteiger partial charge in [-0.05, 0) is 37.0 Å². The Hall–Kier alpha value is -1.22. The fraction of sp³-hybridized carbons (Fsp3) is 0.625. The van der Waals surface area contributed by atoms with Crippen molar-refractivity contribution in [3.63, 3.8) is 0 Å². The van der Waals surface area contributed by atoms with Gasteiger partial charge in [0, 0.05) is 6.61 Å². The van der Waals surface area contributed by atoms with Crippen molar-refractivity contribution < 1.29 is 35.0 Å². The predicted octanol–water partition coefficient (Wildman–Crippen LogP) is -0.469. The Bertz CT molecular complexity index is 462. The number of unbranched alkanes of at least 4 members (excludes halogenated alkanes) is 1. The number of hydrogen-bond donors (Lipinski definition) is 5. The molecule has 1 aliphatic rings. The van der Waals surface area contributed by atoms with Crippen molar-refractivity contribution in [1.29, 1.82) is 0 Å². The van der Waals surface area contributed by atoms with Crippen molar-refractivity contribution in [3.8, 4) is 5.75 Å². The number of aryl methyl sites for hydroxylation is 1. The van der Waals surface area contributed by atoms with Crippen LogP contribution in [-0.2, 0) is 15.9 Å². The van der Waals surface area contributed by atoms with Gasteiger partial charge >= 0.3 is 0 Å². The molecule has 7 nitrogen and oxygen atoms in total. The summed E-state index contributed by atoms with van der Waals surface area (Å²) in [5.41, 5.74) is 1.11. The van der Waals surface area contributed by atoms with E-state index in [1.165, 1.54) is 0 Å². The third-order valence-electron chi connectivity index (χ3n) is 3.93. The van der Waals surface area contributed by atoms with Crippen LogP contribution in [0.3, 0.4) is 0 Å². The normalized spacial score (nSPS) is 31.2. The summed E-state index contributed by atoms with van der Waals surface area (Å²) in [4.78, 5) is 0. The number of phenols is 1. The van der Waals surface area contributed by atoms with Crippen LogP contribution >= 0.6 is 0 Å². The standard InChI is InChI=1S/C16H24O7/c17-9-12-13(19)14(20)15(21)16(23-12)22-8-2-1-3-10-4-6-11(18)7-5-10/h4-7,12-21H,1-3,8-9H2/t12-,13-,14+,15-,16-/m1/s1. The molecule has 1 heterocycles. The third-order valence-corrected chi connectivity index (χ3v) is 3.93. The van der Waals surface area contributed by atoms with E-state index in [4.69, 9.17) is 14.6 Å². The quantitative estimate of drug-likeness (QED) is 0.429. The zero-order valence-corrected chi connectivity index (χ0v) is 12.8. The first-order chi connectivity index (χ1) is 11.0. The van der Waals surface area contributed by atoms with Crippen molar-refractivity contribution in [3.05, 3.63) is 29.8 Å². The Labute approximate surface area is 134 Å². The number of ether oxygens (including phenoxy) is 2. The smallest absolute Gasteiger partial charge is 0.186 e. The summed E-state index contributed by atoms with van der Waals surface area (Å²) in [6.45, 7) is -0.146. The van der Waals surface area contributed by atoms with E-state index in [-0.39, 0.29) is 5.75 Å². The van der Waals surface area contributed by atoms with Crippen molar-refractivity contribution in [2.45, 2.75) is 50.0 Å². The maximum Gasteiger partial charge on any atom is 0.186 e. The lowest BCUT2D eigenvalue weighted by Gasteiger charge is -2.39. The summed E-state index contributed by atoms with van der Waals surface area (Å²) in [5.74, 6) is 0.236. The second kappa shape index (κ2) is 8.58. The minimum Gasteiger partial charge on any atom is -0.508 e. The van der Waals surface area contributed by atoms with Crippen LogP contribution in [0.25, 0.3) is 0 Å². The van der Waals surface area contributed by atoms with E-state index >= 15 is 0 Å². The molecular weight excluding hydrogens is 304 g/mol. The van der Waals surface area contributed by atoms with Gasteiger partial charge in [0.1, 0.15) is 30.2 Å². The summed E-state index contributed by atoms with van der Waals surface area (Å²) in [7, 11) is 0. The summed E-state index contributed by atoms with van der Waals surface area (Å²) in [5, 5.41) is 47.4. The van der Waals surface area contributed by atoms with Gasteiger partial charge in [0.25, 0.3) is 0 Å². The van der Waals surface area contributed by atoms with Crippen LogP contribution in [0.15, 0.2) is 24.3 Å².